The van der Waals surface area contributed by atoms with Crippen LogP contribution in [0.1, 0.15) is 6.92 Å². The van der Waals surface area contributed by atoms with Gasteiger partial charge in [-0.2, -0.15) is 8.78 Å². The first-order valence-electron chi connectivity index (χ1n) is 2.59. The van der Waals surface area contributed by atoms with E-state index >= 15 is 0 Å². The average molecular weight is 149 g/mol. The summed E-state index contributed by atoms with van der Waals surface area (Å²) in [6.45, 7) is -1.19. The Labute approximate surface area is 57.4 Å². The van der Waals surface area contributed by atoms with Crippen molar-refractivity contribution in [1.29, 1.82) is 5.41 Å². The topological polar surface area (TPSA) is 61.9 Å². The number of halogens is 2. The molecule has 0 bridgehead atoms. The average Bonchev–Trinajstić information content (AvgIpc) is 1.58. The van der Waals surface area contributed by atoms with Gasteiger partial charge in [-0.25, -0.2) is 0 Å². The fourth-order valence-corrected chi connectivity index (χ4v) is 0.447. The minimum atomic E-state index is -2.60. The summed E-state index contributed by atoms with van der Waals surface area (Å²) in [5.74, 6) is -0.245. The van der Waals surface area contributed by atoms with E-state index in [2.05, 4.69) is 0 Å². The molecular weight excluding hydrogens is 140 g/mol. The highest BCUT2D eigenvalue weighted by molar-refractivity contribution is 5.88. The Hall–Kier alpha value is -1.13. The molecule has 0 aliphatic heterocycles. The Morgan fingerprint density at radius 1 is 1.70 bits per heavy atom. The van der Waals surface area contributed by atoms with Gasteiger partial charge in [-0.15, -0.1) is 0 Å². The van der Waals surface area contributed by atoms with Crippen molar-refractivity contribution in [2.24, 2.45) is 5.73 Å². The molecule has 0 rings (SSSR count). The molecule has 0 unspecified atom stereocenters. The molecule has 0 saturated carbocycles. The molecule has 0 aromatic heterocycles. The first-order valence-corrected chi connectivity index (χ1v) is 2.59. The highest BCUT2D eigenvalue weighted by Gasteiger charge is 1.98. The molecular formula is C5H9F2N3. The van der Waals surface area contributed by atoms with E-state index in [0.29, 0.717) is 0 Å². The number of nitrogens with one attached hydrogen (secondary N) is 2. The van der Waals surface area contributed by atoms with Gasteiger partial charge in [0.2, 0.25) is 0 Å². The molecule has 3 nitrogen and oxygen atoms in total. The minimum absolute atomic E-state index is 0.183. The minimum Gasteiger partial charge on any atom is -0.384 e. The second kappa shape index (κ2) is 3.81. The molecule has 0 atom stereocenters. The van der Waals surface area contributed by atoms with Gasteiger partial charge in [0.15, 0.2) is 0 Å². The van der Waals surface area contributed by atoms with Crippen LogP contribution in [0.3, 0.4) is 0 Å². The zero-order chi connectivity index (χ0) is 8.15. The van der Waals surface area contributed by atoms with E-state index in [1.54, 1.807) is 5.32 Å². The van der Waals surface area contributed by atoms with Gasteiger partial charge in [0.1, 0.15) is 5.84 Å². The van der Waals surface area contributed by atoms with Gasteiger partial charge >= 0.3 is 6.55 Å². The van der Waals surface area contributed by atoms with E-state index in [1.165, 1.54) is 6.92 Å². The molecule has 0 saturated heterocycles. The lowest BCUT2D eigenvalue weighted by atomic mass is 10.4. The Morgan fingerprint density at radius 2 is 2.20 bits per heavy atom. The van der Waals surface area contributed by atoms with Crippen LogP contribution in [0.4, 0.5) is 8.78 Å². The molecule has 58 valence electrons. The third kappa shape index (κ3) is 5.02. The molecule has 0 heterocycles. The number of rotatable bonds is 3. The summed E-state index contributed by atoms with van der Waals surface area (Å²) in [5, 5.41) is 8.47. The van der Waals surface area contributed by atoms with Crippen molar-refractivity contribution in [3.8, 4) is 0 Å². The third-order valence-corrected chi connectivity index (χ3v) is 0.709. The van der Waals surface area contributed by atoms with Crippen molar-refractivity contribution >= 4 is 5.84 Å². The standard InChI is InChI=1S/C5H9F2N3/c1-3(2-4(8)9)10-5(6)7/h2,5,10H,1H3,(H3,8,9)/b3-2-. The van der Waals surface area contributed by atoms with Crippen LogP contribution in [-0.2, 0) is 0 Å². The SMILES string of the molecule is C/C(=C/C(=N)N)NC(F)F. The molecule has 5 heteroatoms. The van der Waals surface area contributed by atoms with Crippen molar-refractivity contribution in [2.75, 3.05) is 0 Å². The van der Waals surface area contributed by atoms with E-state index in [0.717, 1.165) is 6.08 Å². The number of hydrogen-bond donors (Lipinski definition) is 3. The number of allylic oxidation sites excluding steroid dienone is 1. The highest BCUT2D eigenvalue weighted by atomic mass is 19.3. The monoisotopic (exact) mass is 149 g/mol. The fourth-order valence-electron chi connectivity index (χ4n) is 0.447. The second-order valence-corrected chi connectivity index (χ2v) is 1.73. The number of nitrogens with two attached hydrogens (primary N) is 1. The van der Waals surface area contributed by atoms with Crippen molar-refractivity contribution < 1.29 is 8.78 Å². The van der Waals surface area contributed by atoms with Crippen LogP contribution in [0, 0.1) is 5.41 Å². The van der Waals surface area contributed by atoms with Crippen molar-refractivity contribution in [3.63, 3.8) is 0 Å². The van der Waals surface area contributed by atoms with Gasteiger partial charge in [0, 0.05) is 5.70 Å². The van der Waals surface area contributed by atoms with Gasteiger partial charge < -0.3 is 11.1 Å². The molecule has 0 aliphatic carbocycles. The third-order valence-electron chi connectivity index (χ3n) is 0.709. The quantitative estimate of drug-likeness (QED) is 0.313. The lowest BCUT2D eigenvalue weighted by molar-refractivity contribution is 0.121. The Morgan fingerprint density at radius 3 is 2.50 bits per heavy atom. The van der Waals surface area contributed by atoms with Gasteiger partial charge in [0.05, 0.1) is 0 Å². The normalized spacial score (nSPS) is 11.8. The molecule has 0 amide bonds. The predicted octanol–water partition coefficient (Wildman–Crippen LogP) is 0.638. The van der Waals surface area contributed by atoms with Gasteiger partial charge in [-0.05, 0) is 13.0 Å². The first-order chi connectivity index (χ1) is 4.52. The van der Waals surface area contributed by atoms with Crippen molar-refractivity contribution in [3.05, 3.63) is 11.8 Å². The smallest absolute Gasteiger partial charge is 0.312 e. The lowest BCUT2D eigenvalue weighted by Gasteiger charge is -2.02. The summed E-state index contributed by atoms with van der Waals surface area (Å²) in [4.78, 5) is 0. The molecule has 4 N–H and O–H groups in total. The second-order valence-electron chi connectivity index (χ2n) is 1.73. The van der Waals surface area contributed by atoms with E-state index in [1.807, 2.05) is 0 Å². The maximum atomic E-state index is 11.5. The Bertz CT molecular complexity index is 153. The highest BCUT2D eigenvalue weighted by Crippen LogP contribution is 1.92. The summed E-state index contributed by atoms with van der Waals surface area (Å²) in [7, 11) is 0. The van der Waals surface area contributed by atoms with Gasteiger partial charge in [-0.3, -0.25) is 5.41 Å². The fraction of sp³-hybridized carbons (Fsp3) is 0.400. The Balaban J connectivity index is 3.83. The molecule has 0 fully saturated rings. The van der Waals surface area contributed by atoms with Gasteiger partial charge in [-0.1, -0.05) is 0 Å². The summed E-state index contributed by atoms with van der Waals surface area (Å²) in [6, 6.07) is 0. The van der Waals surface area contributed by atoms with Crippen LogP contribution in [-0.4, -0.2) is 12.4 Å². The Kier molecular flexibility index (Phi) is 3.38. The van der Waals surface area contributed by atoms with Crippen molar-refractivity contribution in [1.82, 2.24) is 5.32 Å². The van der Waals surface area contributed by atoms with Crippen LogP contribution in [0.15, 0.2) is 11.8 Å². The lowest BCUT2D eigenvalue weighted by Crippen LogP contribution is -2.19. The predicted molar refractivity (Wildman–Crippen MR) is 34.8 cm³/mol. The van der Waals surface area contributed by atoms with Crippen LogP contribution >= 0.6 is 0 Å². The molecule has 0 radical (unpaired) electrons. The number of hydrogen-bond acceptors (Lipinski definition) is 2. The largest absolute Gasteiger partial charge is 0.384 e. The van der Waals surface area contributed by atoms with E-state index in [-0.39, 0.29) is 11.5 Å². The summed E-state index contributed by atoms with van der Waals surface area (Å²) < 4.78 is 22.9. The van der Waals surface area contributed by atoms with Crippen LogP contribution in [0.2, 0.25) is 0 Å². The summed E-state index contributed by atoms with van der Waals surface area (Å²) in [6.07, 6.45) is 1.12. The molecule has 0 spiro atoms. The molecule has 0 aliphatic rings. The van der Waals surface area contributed by atoms with Crippen molar-refractivity contribution in [2.45, 2.75) is 13.5 Å². The summed E-state index contributed by atoms with van der Waals surface area (Å²) >= 11 is 0. The molecule has 10 heavy (non-hydrogen) atoms. The maximum absolute atomic E-state index is 11.5. The number of alkyl halides is 2. The van der Waals surface area contributed by atoms with E-state index in [4.69, 9.17) is 11.1 Å². The van der Waals surface area contributed by atoms with E-state index < -0.39 is 6.55 Å². The zero-order valence-corrected chi connectivity index (χ0v) is 5.49. The molecule has 0 aromatic rings. The zero-order valence-electron chi connectivity index (χ0n) is 5.49. The van der Waals surface area contributed by atoms with E-state index in [9.17, 15) is 8.78 Å². The van der Waals surface area contributed by atoms with Crippen LogP contribution in [0.25, 0.3) is 0 Å². The number of amidine groups is 1. The van der Waals surface area contributed by atoms with Crippen LogP contribution < -0.4 is 11.1 Å². The molecule has 0 aromatic carbocycles. The maximum Gasteiger partial charge on any atom is 0.312 e. The summed E-state index contributed by atoms with van der Waals surface area (Å²) in [5.41, 5.74) is 5.07. The first kappa shape index (κ1) is 8.87. The van der Waals surface area contributed by atoms with Gasteiger partial charge in [0.25, 0.3) is 0 Å². The van der Waals surface area contributed by atoms with Crippen LogP contribution in [0.5, 0.6) is 0 Å².